The Bertz CT molecular complexity index is 355. The molecule has 122 valence electrons. The average Bonchev–Trinajstić information content (AvgIpc) is 3.21. The zero-order chi connectivity index (χ0) is 15.5. The van der Waals surface area contributed by atoms with Crippen LogP contribution in [-0.2, 0) is 9.53 Å². The number of methoxy groups -OCH3 is 1. The van der Waals surface area contributed by atoms with Crippen molar-refractivity contribution in [3.05, 3.63) is 0 Å². The van der Waals surface area contributed by atoms with Crippen LogP contribution in [0.25, 0.3) is 0 Å². The summed E-state index contributed by atoms with van der Waals surface area (Å²) < 4.78 is 5.15. The third kappa shape index (κ3) is 3.78. The average molecular weight is 296 g/mol. The quantitative estimate of drug-likeness (QED) is 0.699. The molecule has 2 unspecified atom stereocenters. The number of carbonyl (C=O) groups excluding carboxylic acids is 1. The highest BCUT2D eigenvalue weighted by Gasteiger charge is 2.50. The zero-order valence-electron chi connectivity index (χ0n) is 14.2. The van der Waals surface area contributed by atoms with Crippen LogP contribution in [0.1, 0.15) is 59.3 Å². The van der Waals surface area contributed by atoms with Crippen molar-refractivity contribution in [3.8, 4) is 0 Å². The smallest absolute Gasteiger partial charge is 0.326 e. The summed E-state index contributed by atoms with van der Waals surface area (Å²) in [4.78, 5) is 15.0. The van der Waals surface area contributed by atoms with Crippen molar-refractivity contribution in [2.45, 2.75) is 76.9 Å². The molecular formula is C17H32N2O2. The lowest BCUT2D eigenvalue weighted by molar-refractivity contribution is -0.151. The highest BCUT2D eigenvalue weighted by molar-refractivity contribution is 5.81. The van der Waals surface area contributed by atoms with Gasteiger partial charge in [0.25, 0.3) is 0 Å². The summed E-state index contributed by atoms with van der Waals surface area (Å²) in [6.07, 6.45) is 6.97. The molecule has 2 atom stereocenters. The Morgan fingerprint density at radius 2 is 2.10 bits per heavy atom. The van der Waals surface area contributed by atoms with Gasteiger partial charge in [0.2, 0.25) is 0 Å². The molecule has 0 spiro atoms. The molecule has 1 N–H and O–H groups in total. The van der Waals surface area contributed by atoms with Crippen LogP contribution in [0.2, 0.25) is 0 Å². The Labute approximate surface area is 129 Å². The highest BCUT2D eigenvalue weighted by atomic mass is 16.5. The van der Waals surface area contributed by atoms with Gasteiger partial charge in [-0.05, 0) is 65.0 Å². The summed E-state index contributed by atoms with van der Waals surface area (Å²) >= 11 is 0. The lowest BCUT2D eigenvalue weighted by atomic mass is 9.83. The minimum absolute atomic E-state index is 0.0619. The highest BCUT2D eigenvalue weighted by Crippen LogP contribution is 2.40. The summed E-state index contributed by atoms with van der Waals surface area (Å²) in [6, 6.07) is 1.11. The molecule has 2 saturated carbocycles. The van der Waals surface area contributed by atoms with E-state index in [1.807, 2.05) is 0 Å². The van der Waals surface area contributed by atoms with Gasteiger partial charge in [-0.1, -0.05) is 13.3 Å². The lowest BCUT2D eigenvalue weighted by Crippen LogP contribution is -2.58. The van der Waals surface area contributed by atoms with E-state index in [0.29, 0.717) is 12.0 Å². The van der Waals surface area contributed by atoms with Gasteiger partial charge in [0.1, 0.15) is 5.54 Å². The topological polar surface area (TPSA) is 41.6 Å². The van der Waals surface area contributed by atoms with E-state index in [0.717, 1.165) is 44.8 Å². The van der Waals surface area contributed by atoms with Gasteiger partial charge >= 0.3 is 5.97 Å². The number of nitrogens with one attached hydrogen (secondary N) is 1. The van der Waals surface area contributed by atoms with Crippen molar-refractivity contribution >= 4 is 5.97 Å². The number of hydrogen-bond acceptors (Lipinski definition) is 4. The Morgan fingerprint density at radius 3 is 2.62 bits per heavy atom. The molecule has 21 heavy (non-hydrogen) atoms. The molecule has 0 aromatic heterocycles. The Morgan fingerprint density at radius 1 is 1.38 bits per heavy atom. The van der Waals surface area contributed by atoms with Crippen LogP contribution in [0.3, 0.4) is 0 Å². The summed E-state index contributed by atoms with van der Waals surface area (Å²) in [5, 5.41) is 3.55. The molecule has 0 aliphatic heterocycles. The van der Waals surface area contributed by atoms with Gasteiger partial charge in [0.05, 0.1) is 7.11 Å². The third-order valence-electron chi connectivity index (χ3n) is 5.15. The minimum atomic E-state index is -0.453. The monoisotopic (exact) mass is 296 g/mol. The summed E-state index contributed by atoms with van der Waals surface area (Å²) in [5.41, 5.74) is -0.453. The maximum Gasteiger partial charge on any atom is 0.326 e. The first-order chi connectivity index (χ1) is 10.0. The van der Waals surface area contributed by atoms with Gasteiger partial charge < -0.3 is 9.64 Å². The van der Waals surface area contributed by atoms with Crippen molar-refractivity contribution in [1.82, 2.24) is 10.2 Å². The maximum atomic E-state index is 12.4. The number of rotatable bonds is 8. The molecule has 0 heterocycles. The van der Waals surface area contributed by atoms with E-state index >= 15 is 0 Å². The van der Waals surface area contributed by atoms with Crippen LogP contribution in [0, 0.1) is 5.92 Å². The number of ether oxygens (including phenoxy) is 1. The first-order valence-corrected chi connectivity index (χ1v) is 8.63. The van der Waals surface area contributed by atoms with Crippen molar-refractivity contribution in [2.24, 2.45) is 5.92 Å². The van der Waals surface area contributed by atoms with Crippen LogP contribution >= 0.6 is 0 Å². The van der Waals surface area contributed by atoms with Gasteiger partial charge in [0, 0.05) is 12.1 Å². The van der Waals surface area contributed by atoms with Crippen LogP contribution in [0.5, 0.6) is 0 Å². The van der Waals surface area contributed by atoms with Gasteiger partial charge in [-0.15, -0.1) is 0 Å². The van der Waals surface area contributed by atoms with Gasteiger partial charge in [-0.25, -0.2) is 0 Å². The van der Waals surface area contributed by atoms with Crippen molar-refractivity contribution in [1.29, 1.82) is 0 Å². The van der Waals surface area contributed by atoms with E-state index in [9.17, 15) is 4.79 Å². The van der Waals surface area contributed by atoms with Crippen LogP contribution < -0.4 is 5.32 Å². The fraction of sp³-hybridized carbons (Fsp3) is 0.941. The molecule has 0 saturated heterocycles. The first-order valence-electron chi connectivity index (χ1n) is 8.63. The van der Waals surface area contributed by atoms with Gasteiger partial charge in [-0.3, -0.25) is 10.1 Å². The standard InChI is InChI=1S/C17H32N2O2/c1-5-19(15-8-9-15)12-10-14-7-6-11-17(14,16(20)21-4)18-13(2)3/h13-15,18H,5-12H2,1-4H3. The zero-order valence-corrected chi connectivity index (χ0v) is 14.2. The molecule has 2 aliphatic carbocycles. The molecule has 0 amide bonds. The molecule has 0 bridgehead atoms. The molecule has 0 radical (unpaired) electrons. The Hall–Kier alpha value is -0.610. The number of nitrogens with zero attached hydrogens (tertiary/aromatic N) is 1. The molecule has 4 heteroatoms. The summed E-state index contributed by atoms with van der Waals surface area (Å²) in [7, 11) is 1.52. The second kappa shape index (κ2) is 7.10. The largest absolute Gasteiger partial charge is 0.468 e. The van der Waals surface area contributed by atoms with Gasteiger partial charge in [0.15, 0.2) is 0 Å². The number of hydrogen-bond donors (Lipinski definition) is 1. The Balaban J connectivity index is 2.02. The lowest BCUT2D eigenvalue weighted by Gasteiger charge is -2.36. The predicted molar refractivity (Wildman–Crippen MR) is 85.2 cm³/mol. The van der Waals surface area contributed by atoms with Gasteiger partial charge in [-0.2, -0.15) is 0 Å². The van der Waals surface area contributed by atoms with E-state index in [1.165, 1.54) is 20.0 Å². The van der Waals surface area contributed by atoms with Crippen molar-refractivity contribution in [3.63, 3.8) is 0 Å². The predicted octanol–water partition coefficient (Wildman–Crippen LogP) is 2.57. The van der Waals surface area contributed by atoms with E-state index in [2.05, 4.69) is 31.0 Å². The van der Waals surface area contributed by atoms with Crippen LogP contribution in [0.4, 0.5) is 0 Å². The van der Waals surface area contributed by atoms with E-state index in [-0.39, 0.29) is 5.97 Å². The number of esters is 1. The molecule has 2 rings (SSSR count). The normalized spacial score (nSPS) is 29.3. The molecular weight excluding hydrogens is 264 g/mol. The fourth-order valence-corrected chi connectivity index (χ4v) is 4.04. The number of carbonyl (C=O) groups is 1. The Kier molecular flexibility index (Phi) is 5.67. The molecule has 2 aliphatic rings. The molecule has 0 aromatic carbocycles. The minimum Gasteiger partial charge on any atom is -0.468 e. The van der Waals surface area contributed by atoms with E-state index in [4.69, 9.17) is 4.74 Å². The van der Waals surface area contributed by atoms with E-state index < -0.39 is 5.54 Å². The van der Waals surface area contributed by atoms with Crippen LogP contribution in [0.15, 0.2) is 0 Å². The fourth-order valence-electron chi connectivity index (χ4n) is 4.04. The van der Waals surface area contributed by atoms with Crippen molar-refractivity contribution in [2.75, 3.05) is 20.2 Å². The molecule has 4 nitrogen and oxygen atoms in total. The van der Waals surface area contributed by atoms with Crippen molar-refractivity contribution < 1.29 is 9.53 Å². The summed E-state index contributed by atoms with van der Waals surface area (Å²) in [5.74, 6) is 0.341. The molecule has 2 fully saturated rings. The third-order valence-corrected chi connectivity index (χ3v) is 5.15. The van der Waals surface area contributed by atoms with E-state index in [1.54, 1.807) is 0 Å². The summed E-state index contributed by atoms with van der Waals surface area (Å²) in [6.45, 7) is 8.71. The van der Waals surface area contributed by atoms with Crippen LogP contribution in [-0.4, -0.2) is 48.7 Å². The second-order valence-electron chi connectivity index (χ2n) is 7.00. The molecule has 0 aromatic rings. The maximum absolute atomic E-state index is 12.4. The SMILES string of the molecule is CCN(CCC1CCCC1(NC(C)C)C(=O)OC)C1CC1. The second-order valence-corrected chi connectivity index (χ2v) is 7.00. The first kappa shape index (κ1) is 16.8.